The van der Waals surface area contributed by atoms with E-state index in [1.165, 1.54) is 28.9 Å². The molecule has 7 nitrogen and oxygen atoms in total. The number of rotatable bonds is 7. The predicted octanol–water partition coefficient (Wildman–Crippen LogP) is 2.65. The van der Waals surface area contributed by atoms with Gasteiger partial charge in [0.25, 0.3) is 0 Å². The fraction of sp³-hybridized carbons (Fsp3) is 0.158. The van der Waals surface area contributed by atoms with E-state index in [2.05, 4.69) is 9.82 Å². The van der Waals surface area contributed by atoms with Crippen LogP contribution in [0.1, 0.15) is 17.7 Å². The third kappa shape index (κ3) is 4.45. The van der Waals surface area contributed by atoms with E-state index in [4.69, 9.17) is 5.73 Å². The summed E-state index contributed by atoms with van der Waals surface area (Å²) in [6.07, 6.45) is 0.403. The Hall–Kier alpha value is -3.36. The first-order chi connectivity index (χ1) is 14.2. The van der Waals surface area contributed by atoms with Gasteiger partial charge in [-0.25, -0.2) is 31.0 Å². The normalized spacial score (nSPS) is 11.4. The fourth-order valence-corrected chi connectivity index (χ4v) is 3.94. The van der Waals surface area contributed by atoms with Crippen LogP contribution in [0.5, 0.6) is 0 Å². The molecule has 3 N–H and O–H groups in total. The number of hydrogen-bond donors (Lipinski definition) is 2. The molecule has 0 atom stereocenters. The first-order valence-electron chi connectivity index (χ1n) is 8.71. The van der Waals surface area contributed by atoms with E-state index in [9.17, 15) is 26.9 Å². The van der Waals surface area contributed by atoms with Crippen molar-refractivity contribution in [1.29, 1.82) is 5.26 Å². The highest BCUT2D eigenvalue weighted by molar-refractivity contribution is 7.89. The van der Waals surface area contributed by atoms with E-state index in [0.717, 1.165) is 12.1 Å². The molecule has 11 heteroatoms. The van der Waals surface area contributed by atoms with E-state index < -0.39 is 32.4 Å². The van der Waals surface area contributed by atoms with Crippen molar-refractivity contribution in [3.8, 4) is 11.8 Å². The average Bonchev–Trinajstić information content (AvgIpc) is 3.03. The Labute approximate surface area is 170 Å². The molecule has 0 amide bonds. The van der Waals surface area contributed by atoms with Gasteiger partial charge in [-0.05, 0) is 55.3 Å². The second kappa shape index (κ2) is 8.56. The van der Waals surface area contributed by atoms with E-state index in [0.29, 0.717) is 17.4 Å². The summed E-state index contributed by atoms with van der Waals surface area (Å²) in [4.78, 5) is -0.787. The molecule has 2 aromatic carbocycles. The van der Waals surface area contributed by atoms with Crippen LogP contribution >= 0.6 is 0 Å². The highest BCUT2D eigenvalue weighted by Crippen LogP contribution is 2.22. The minimum absolute atomic E-state index is 0.0709. The Kier molecular flexibility index (Phi) is 6.09. The van der Waals surface area contributed by atoms with Gasteiger partial charge in [0.2, 0.25) is 10.0 Å². The number of nitriles is 1. The average molecular weight is 435 g/mol. The smallest absolute Gasteiger partial charge is 0.243 e. The summed E-state index contributed by atoms with van der Waals surface area (Å²) in [5, 5.41) is 13.6. The number of sulfonamides is 1. The van der Waals surface area contributed by atoms with Crippen LogP contribution in [0.15, 0.2) is 47.4 Å². The summed E-state index contributed by atoms with van der Waals surface area (Å²) in [7, 11) is -4.25. The van der Waals surface area contributed by atoms with Gasteiger partial charge >= 0.3 is 0 Å². The third-order valence-corrected chi connectivity index (χ3v) is 5.72. The second-order valence-corrected chi connectivity index (χ2v) is 8.02. The lowest BCUT2D eigenvalue weighted by Crippen LogP contribution is -2.26. The Balaban J connectivity index is 1.70. The molecule has 30 heavy (non-hydrogen) atoms. The van der Waals surface area contributed by atoms with Gasteiger partial charge in [0.15, 0.2) is 0 Å². The molecule has 0 radical (unpaired) electrons. The predicted molar refractivity (Wildman–Crippen MR) is 103 cm³/mol. The minimum Gasteiger partial charge on any atom is -0.382 e. The standard InChI is InChI=1S/C19H16F3N5O2S/c20-12-3-6-14(7-4-12)27-19(24)15(11-23)17(26-27)2-1-9-25-30(28,29)18-10-13(21)5-8-16(18)22/h3-8,10,25H,1-2,9,24H2. The van der Waals surface area contributed by atoms with Crippen molar-refractivity contribution in [1.82, 2.24) is 14.5 Å². The van der Waals surface area contributed by atoms with Crippen molar-refractivity contribution in [3.05, 3.63) is 71.2 Å². The number of hydrogen-bond acceptors (Lipinski definition) is 5. The first-order valence-corrected chi connectivity index (χ1v) is 10.2. The van der Waals surface area contributed by atoms with Crippen molar-refractivity contribution in [3.63, 3.8) is 0 Å². The zero-order chi connectivity index (χ0) is 21.9. The van der Waals surface area contributed by atoms with Crippen molar-refractivity contribution >= 4 is 15.8 Å². The Bertz CT molecular complexity index is 1220. The van der Waals surface area contributed by atoms with Crippen LogP contribution in [-0.2, 0) is 16.4 Å². The maximum atomic E-state index is 13.7. The number of benzene rings is 2. The monoisotopic (exact) mass is 435 g/mol. The molecule has 0 aliphatic heterocycles. The van der Waals surface area contributed by atoms with Crippen LogP contribution in [0.4, 0.5) is 19.0 Å². The Morgan fingerprint density at radius 3 is 2.43 bits per heavy atom. The SMILES string of the molecule is N#Cc1c(CCCNS(=O)(=O)c2cc(F)ccc2F)nn(-c2ccc(F)cc2)c1N. The summed E-state index contributed by atoms with van der Waals surface area (Å²) in [5.41, 5.74) is 6.87. The molecule has 0 spiro atoms. The molecular formula is C19H16F3N5O2S. The van der Waals surface area contributed by atoms with Crippen molar-refractivity contribution in [2.45, 2.75) is 17.7 Å². The van der Waals surface area contributed by atoms with Gasteiger partial charge in [-0.3, -0.25) is 0 Å². The molecule has 0 bridgehead atoms. The maximum absolute atomic E-state index is 13.7. The number of nitrogens with two attached hydrogens (primary N) is 1. The van der Waals surface area contributed by atoms with Crippen LogP contribution in [0, 0.1) is 28.8 Å². The van der Waals surface area contributed by atoms with Gasteiger partial charge in [0, 0.05) is 6.54 Å². The van der Waals surface area contributed by atoms with Crippen LogP contribution in [-0.4, -0.2) is 24.7 Å². The summed E-state index contributed by atoms with van der Waals surface area (Å²) >= 11 is 0. The van der Waals surface area contributed by atoms with Gasteiger partial charge in [0.1, 0.15) is 39.8 Å². The Morgan fingerprint density at radius 2 is 1.77 bits per heavy atom. The lowest BCUT2D eigenvalue weighted by Gasteiger charge is -2.07. The number of nitrogens with one attached hydrogen (secondary N) is 1. The van der Waals surface area contributed by atoms with Gasteiger partial charge in [-0.2, -0.15) is 10.4 Å². The molecular weight excluding hydrogens is 419 g/mol. The Morgan fingerprint density at radius 1 is 1.10 bits per heavy atom. The first kappa shape index (κ1) is 21.4. The van der Waals surface area contributed by atoms with Gasteiger partial charge in [-0.1, -0.05) is 0 Å². The topological polar surface area (TPSA) is 114 Å². The van der Waals surface area contributed by atoms with Gasteiger partial charge in [0.05, 0.1) is 11.4 Å². The number of nitrogens with zero attached hydrogens (tertiary/aromatic N) is 3. The quantitative estimate of drug-likeness (QED) is 0.554. The zero-order valence-electron chi connectivity index (χ0n) is 15.4. The molecule has 156 valence electrons. The third-order valence-electron chi connectivity index (χ3n) is 4.24. The lowest BCUT2D eigenvalue weighted by atomic mass is 10.1. The molecule has 3 rings (SSSR count). The van der Waals surface area contributed by atoms with Crippen LogP contribution in [0.25, 0.3) is 5.69 Å². The van der Waals surface area contributed by atoms with E-state index in [1.807, 2.05) is 6.07 Å². The van der Waals surface area contributed by atoms with E-state index >= 15 is 0 Å². The number of aryl methyl sites for hydroxylation is 1. The number of anilines is 1. The fourth-order valence-electron chi connectivity index (χ4n) is 2.78. The van der Waals surface area contributed by atoms with Gasteiger partial charge in [-0.15, -0.1) is 0 Å². The number of aromatic nitrogens is 2. The summed E-state index contributed by atoms with van der Waals surface area (Å²) in [6.45, 7) is -0.105. The minimum atomic E-state index is -4.25. The molecule has 0 saturated heterocycles. The van der Waals surface area contributed by atoms with Crippen molar-refractivity contribution < 1.29 is 21.6 Å². The number of halogens is 3. The van der Waals surface area contributed by atoms with Crippen LogP contribution < -0.4 is 10.5 Å². The summed E-state index contributed by atoms with van der Waals surface area (Å²) < 4.78 is 67.9. The molecule has 0 saturated carbocycles. The molecule has 0 aliphatic rings. The van der Waals surface area contributed by atoms with Crippen LogP contribution in [0.2, 0.25) is 0 Å². The highest BCUT2D eigenvalue weighted by Gasteiger charge is 2.20. The van der Waals surface area contributed by atoms with Crippen molar-refractivity contribution in [2.75, 3.05) is 12.3 Å². The largest absolute Gasteiger partial charge is 0.382 e. The highest BCUT2D eigenvalue weighted by atomic mass is 32.2. The summed E-state index contributed by atoms with van der Waals surface area (Å²) in [5.74, 6) is -2.31. The van der Waals surface area contributed by atoms with E-state index in [1.54, 1.807) is 0 Å². The van der Waals surface area contributed by atoms with Gasteiger partial charge < -0.3 is 5.73 Å². The molecule has 3 aromatic rings. The lowest BCUT2D eigenvalue weighted by molar-refractivity contribution is 0.544. The molecule has 0 aliphatic carbocycles. The second-order valence-electron chi connectivity index (χ2n) is 6.28. The molecule has 0 unspecified atom stereocenters. The number of nitrogen functional groups attached to an aromatic ring is 1. The van der Waals surface area contributed by atoms with Crippen molar-refractivity contribution in [2.24, 2.45) is 0 Å². The molecule has 1 aromatic heterocycles. The molecule has 1 heterocycles. The maximum Gasteiger partial charge on any atom is 0.243 e. The summed E-state index contributed by atoms with van der Waals surface area (Å²) in [6, 6.07) is 9.44. The molecule has 0 fully saturated rings. The zero-order valence-corrected chi connectivity index (χ0v) is 16.3. The van der Waals surface area contributed by atoms with E-state index in [-0.39, 0.29) is 30.8 Å². The van der Waals surface area contributed by atoms with Crippen LogP contribution in [0.3, 0.4) is 0 Å².